The fourth-order valence-electron chi connectivity index (χ4n) is 1.57. The zero-order chi connectivity index (χ0) is 11.4. The number of halogens is 1. The molecule has 0 aliphatic rings. The highest BCUT2D eigenvalue weighted by molar-refractivity contribution is 7.05. The van der Waals surface area contributed by atoms with E-state index < -0.39 is 0 Å². The van der Waals surface area contributed by atoms with Gasteiger partial charge in [-0.05, 0) is 35.8 Å². The van der Waals surface area contributed by atoms with Gasteiger partial charge in [0.05, 0.1) is 17.1 Å². The Kier molecular flexibility index (Phi) is 3.58. The molecule has 0 saturated heterocycles. The second kappa shape index (κ2) is 5.14. The summed E-state index contributed by atoms with van der Waals surface area (Å²) >= 11 is 1.33. The largest absolute Gasteiger partial charge is 0.306 e. The second-order valence-corrected chi connectivity index (χ2v) is 4.18. The Morgan fingerprint density at radius 3 is 3.00 bits per heavy atom. The molecule has 0 spiro atoms. The Morgan fingerprint density at radius 1 is 1.50 bits per heavy atom. The molecule has 0 fully saturated rings. The van der Waals surface area contributed by atoms with E-state index in [1.54, 1.807) is 12.3 Å². The highest BCUT2D eigenvalue weighted by Gasteiger charge is 2.15. The smallest absolute Gasteiger partial charge is 0.123 e. The molecule has 1 atom stereocenters. The van der Waals surface area contributed by atoms with Gasteiger partial charge in [-0.1, -0.05) is 23.5 Å². The molecule has 1 N–H and O–H groups in total. The summed E-state index contributed by atoms with van der Waals surface area (Å²) in [6.07, 6.45) is 1.71. The molecule has 0 saturated carbocycles. The van der Waals surface area contributed by atoms with Gasteiger partial charge in [-0.15, -0.1) is 5.10 Å². The quantitative estimate of drug-likeness (QED) is 0.887. The van der Waals surface area contributed by atoms with Crippen LogP contribution in [0.3, 0.4) is 0 Å². The first kappa shape index (κ1) is 11.2. The first-order valence-electron chi connectivity index (χ1n) is 5.07. The summed E-state index contributed by atoms with van der Waals surface area (Å²) in [7, 11) is 0. The third-order valence-electron chi connectivity index (χ3n) is 2.25. The molecule has 2 rings (SSSR count). The summed E-state index contributed by atoms with van der Waals surface area (Å²) in [5.74, 6) is -0.224. The Balaban J connectivity index is 2.33. The van der Waals surface area contributed by atoms with E-state index in [1.807, 2.05) is 13.0 Å². The molecule has 1 unspecified atom stereocenters. The van der Waals surface area contributed by atoms with Crippen LogP contribution in [-0.4, -0.2) is 16.1 Å². The van der Waals surface area contributed by atoms with E-state index in [9.17, 15) is 4.39 Å². The van der Waals surface area contributed by atoms with Crippen molar-refractivity contribution in [3.63, 3.8) is 0 Å². The average Bonchev–Trinajstić information content (AvgIpc) is 2.79. The molecule has 0 radical (unpaired) electrons. The van der Waals surface area contributed by atoms with Gasteiger partial charge in [0.1, 0.15) is 5.82 Å². The Hall–Kier alpha value is -1.33. The molecule has 5 heteroatoms. The number of benzene rings is 1. The van der Waals surface area contributed by atoms with Gasteiger partial charge in [0.15, 0.2) is 0 Å². The fraction of sp³-hybridized carbons (Fsp3) is 0.273. The van der Waals surface area contributed by atoms with Crippen LogP contribution in [0, 0.1) is 5.82 Å². The first-order valence-corrected chi connectivity index (χ1v) is 5.84. The SMILES string of the molecule is CCNC(c1cccc(F)c1)c1cnns1. The highest BCUT2D eigenvalue weighted by atomic mass is 32.1. The standard InChI is InChI=1S/C11H12FN3S/c1-2-13-11(10-7-14-15-16-10)8-4-3-5-9(12)6-8/h3-7,11,13H,2H2,1H3. The fourth-order valence-corrected chi connectivity index (χ4v) is 2.18. The van der Waals surface area contributed by atoms with Gasteiger partial charge < -0.3 is 5.32 Å². The van der Waals surface area contributed by atoms with Crippen LogP contribution in [0.25, 0.3) is 0 Å². The normalized spacial score (nSPS) is 12.6. The Morgan fingerprint density at radius 2 is 2.38 bits per heavy atom. The van der Waals surface area contributed by atoms with Crippen molar-refractivity contribution in [1.82, 2.24) is 14.9 Å². The molecule has 2 aromatic rings. The molecule has 0 aliphatic carbocycles. The maximum absolute atomic E-state index is 13.2. The van der Waals surface area contributed by atoms with Crippen LogP contribution in [0.2, 0.25) is 0 Å². The second-order valence-electron chi connectivity index (χ2n) is 3.37. The van der Waals surface area contributed by atoms with Gasteiger partial charge in [0, 0.05) is 0 Å². The molecule has 0 amide bonds. The van der Waals surface area contributed by atoms with Crippen LogP contribution in [0.4, 0.5) is 4.39 Å². The lowest BCUT2D eigenvalue weighted by molar-refractivity contribution is 0.606. The highest BCUT2D eigenvalue weighted by Crippen LogP contribution is 2.24. The number of hydrogen-bond donors (Lipinski definition) is 1. The predicted octanol–water partition coefficient (Wildman–Crippen LogP) is 2.38. The van der Waals surface area contributed by atoms with Crippen molar-refractivity contribution in [1.29, 1.82) is 0 Å². The summed E-state index contributed by atoms with van der Waals surface area (Å²) in [6, 6.07) is 6.56. The van der Waals surface area contributed by atoms with Crippen LogP contribution < -0.4 is 5.32 Å². The van der Waals surface area contributed by atoms with Crippen LogP contribution in [-0.2, 0) is 0 Å². The van der Waals surface area contributed by atoms with Crippen molar-refractivity contribution >= 4 is 11.5 Å². The molecular weight excluding hydrogens is 225 g/mol. The van der Waals surface area contributed by atoms with Crippen molar-refractivity contribution in [2.24, 2.45) is 0 Å². The van der Waals surface area contributed by atoms with E-state index in [2.05, 4.69) is 14.9 Å². The van der Waals surface area contributed by atoms with Gasteiger partial charge in [0.2, 0.25) is 0 Å². The molecule has 3 nitrogen and oxygen atoms in total. The summed E-state index contributed by atoms with van der Waals surface area (Å²) in [5.41, 5.74) is 0.896. The average molecular weight is 237 g/mol. The molecule has 84 valence electrons. The number of aromatic nitrogens is 2. The van der Waals surface area contributed by atoms with Crippen LogP contribution in [0.5, 0.6) is 0 Å². The third-order valence-corrected chi connectivity index (χ3v) is 2.98. The van der Waals surface area contributed by atoms with Crippen LogP contribution in [0.1, 0.15) is 23.4 Å². The van der Waals surface area contributed by atoms with Crippen molar-refractivity contribution in [3.05, 3.63) is 46.7 Å². The number of nitrogens with one attached hydrogen (secondary N) is 1. The summed E-state index contributed by atoms with van der Waals surface area (Å²) in [5, 5.41) is 7.10. The lowest BCUT2D eigenvalue weighted by atomic mass is 10.1. The van der Waals surface area contributed by atoms with E-state index in [-0.39, 0.29) is 11.9 Å². The van der Waals surface area contributed by atoms with E-state index in [4.69, 9.17) is 0 Å². The number of hydrogen-bond acceptors (Lipinski definition) is 4. The minimum atomic E-state index is -0.224. The molecule has 1 aromatic carbocycles. The molecule has 1 aromatic heterocycles. The summed E-state index contributed by atoms with van der Waals surface area (Å²) in [4.78, 5) is 0.993. The van der Waals surface area contributed by atoms with Crippen molar-refractivity contribution in [2.75, 3.05) is 6.54 Å². The minimum Gasteiger partial charge on any atom is -0.306 e. The van der Waals surface area contributed by atoms with Crippen LogP contribution in [0.15, 0.2) is 30.5 Å². The summed E-state index contributed by atoms with van der Waals surface area (Å²) < 4.78 is 17.0. The number of nitrogens with zero attached hydrogens (tertiary/aromatic N) is 2. The predicted molar refractivity (Wildman–Crippen MR) is 61.8 cm³/mol. The minimum absolute atomic E-state index is 0.0271. The topological polar surface area (TPSA) is 37.8 Å². The molecule has 0 bridgehead atoms. The summed E-state index contributed by atoms with van der Waals surface area (Å²) in [6.45, 7) is 2.82. The van der Waals surface area contributed by atoms with Gasteiger partial charge in [-0.2, -0.15) is 0 Å². The Labute approximate surface area is 97.5 Å². The monoisotopic (exact) mass is 237 g/mol. The van der Waals surface area contributed by atoms with Gasteiger partial charge in [-0.3, -0.25) is 0 Å². The van der Waals surface area contributed by atoms with Gasteiger partial charge in [0.25, 0.3) is 0 Å². The lowest BCUT2D eigenvalue weighted by Crippen LogP contribution is -2.21. The third kappa shape index (κ3) is 2.43. The molecule has 0 aliphatic heterocycles. The molecule has 16 heavy (non-hydrogen) atoms. The Bertz CT molecular complexity index is 444. The maximum atomic E-state index is 13.2. The lowest BCUT2D eigenvalue weighted by Gasteiger charge is -2.15. The van der Waals surface area contributed by atoms with Gasteiger partial charge >= 0.3 is 0 Å². The van der Waals surface area contributed by atoms with Crippen molar-refractivity contribution < 1.29 is 4.39 Å². The first-order chi connectivity index (χ1) is 7.81. The van der Waals surface area contributed by atoms with E-state index in [0.717, 1.165) is 17.0 Å². The van der Waals surface area contributed by atoms with Gasteiger partial charge in [-0.25, -0.2) is 4.39 Å². The zero-order valence-corrected chi connectivity index (χ0v) is 9.67. The van der Waals surface area contributed by atoms with Crippen molar-refractivity contribution in [2.45, 2.75) is 13.0 Å². The van der Waals surface area contributed by atoms with E-state index >= 15 is 0 Å². The number of rotatable bonds is 4. The molecule has 1 heterocycles. The molecular formula is C11H12FN3S. The van der Waals surface area contributed by atoms with Crippen LogP contribution >= 0.6 is 11.5 Å². The van der Waals surface area contributed by atoms with E-state index in [0.29, 0.717) is 0 Å². The van der Waals surface area contributed by atoms with E-state index in [1.165, 1.54) is 23.7 Å². The zero-order valence-electron chi connectivity index (χ0n) is 8.85. The van der Waals surface area contributed by atoms with Crippen molar-refractivity contribution in [3.8, 4) is 0 Å². The maximum Gasteiger partial charge on any atom is 0.123 e.